The van der Waals surface area contributed by atoms with E-state index in [0.29, 0.717) is 0 Å². The molecule has 3 nitrogen and oxygen atoms in total. The Bertz CT molecular complexity index is 2080. The number of hydrogen-bond acceptors (Lipinski definition) is 3. The summed E-state index contributed by atoms with van der Waals surface area (Å²) >= 11 is 0. The fraction of sp³-hybridized carbons (Fsp3) is 0. The van der Waals surface area contributed by atoms with Gasteiger partial charge in [0.15, 0.2) is 0 Å². The summed E-state index contributed by atoms with van der Waals surface area (Å²) < 4.78 is 6.36. The van der Waals surface area contributed by atoms with Gasteiger partial charge >= 0.3 is 0 Å². The summed E-state index contributed by atoms with van der Waals surface area (Å²) in [5.41, 5.74) is 12.6. The quantitative estimate of drug-likeness (QED) is 0.229. The summed E-state index contributed by atoms with van der Waals surface area (Å²) in [5, 5.41) is 2.04. The molecule has 4 heteroatoms. The molecule has 2 aliphatic rings. The normalized spacial score (nSPS) is 13.2. The summed E-state index contributed by atoms with van der Waals surface area (Å²) in [6.45, 7) is 0.0689. The lowest BCUT2D eigenvalue weighted by atomic mass is 9.33. The minimum absolute atomic E-state index is 0.0689. The van der Waals surface area contributed by atoms with Gasteiger partial charge < -0.3 is 14.2 Å². The van der Waals surface area contributed by atoms with E-state index in [1.54, 1.807) is 0 Å². The van der Waals surface area contributed by atoms with Gasteiger partial charge in [-0.2, -0.15) is 0 Å². The molecule has 40 heavy (non-hydrogen) atoms. The smallest absolute Gasteiger partial charge is 0.252 e. The second-order valence-corrected chi connectivity index (χ2v) is 10.4. The van der Waals surface area contributed by atoms with Gasteiger partial charge in [0.1, 0.15) is 11.2 Å². The van der Waals surface area contributed by atoms with Crippen LogP contribution < -0.4 is 26.2 Å². The SMILES string of the molecule is c1ccc2oc3cc4c(cc3c2c#1)B1c2ccccc2N(c2ccccc2)c2cccc(c21)N4c1ccccc1. The average molecular weight is 508 g/mol. The lowest BCUT2D eigenvalue weighted by molar-refractivity contribution is 0.669. The Morgan fingerprint density at radius 3 is 1.95 bits per heavy atom. The van der Waals surface area contributed by atoms with Gasteiger partial charge in [0.05, 0.1) is 5.39 Å². The second kappa shape index (κ2) is 8.05. The molecule has 0 atom stereocenters. The monoisotopic (exact) mass is 508 g/mol. The van der Waals surface area contributed by atoms with Gasteiger partial charge in [0.25, 0.3) is 6.71 Å². The molecule has 0 spiro atoms. The molecule has 9 rings (SSSR count). The second-order valence-electron chi connectivity index (χ2n) is 10.4. The lowest BCUT2D eigenvalue weighted by Crippen LogP contribution is -2.61. The van der Waals surface area contributed by atoms with E-state index in [9.17, 15) is 0 Å². The van der Waals surface area contributed by atoms with Gasteiger partial charge in [-0.1, -0.05) is 78.9 Å². The van der Waals surface area contributed by atoms with Crippen LogP contribution in [0.15, 0.2) is 132 Å². The maximum Gasteiger partial charge on any atom is 0.252 e. The van der Waals surface area contributed by atoms with Crippen LogP contribution in [0.25, 0.3) is 21.9 Å². The van der Waals surface area contributed by atoms with Crippen LogP contribution >= 0.6 is 0 Å². The molecule has 0 amide bonds. The third-order valence-corrected chi connectivity index (χ3v) is 8.28. The summed E-state index contributed by atoms with van der Waals surface area (Å²) in [5.74, 6) is 0. The molecule has 7 aromatic rings. The predicted octanol–water partition coefficient (Wildman–Crippen LogP) is 7.27. The molecule has 0 aliphatic carbocycles. The maximum absolute atomic E-state index is 6.36. The maximum atomic E-state index is 6.36. The lowest BCUT2D eigenvalue weighted by Gasteiger charge is -2.44. The predicted molar refractivity (Wildman–Crippen MR) is 165 cm³/mol. The number of nitrogens with zero attached hydrogens (tertiary/aromatic N) is 2. The molecule has 2 aliphatic heterocycles. The van der Waals surface area contributed by atoms with Crippen LogP contribution in [0.1, 0.15) is 0 Å². The van der Waals surface area contributed by atoms with Gasteiger partial charge in [-0.3, -0.25) is 0 Å². The first-order valence-corrected chi connectivity index (χ1v) is 13.6. The first-order chi connectivity index (χ1) is 19.9. The van der Waals surface area contributed by atoms with Crippen molar-refractivity contribution in [2.24, 2.45) is 0 Å². The van der Waals surface area contributed by atoms with Crippen molar-refractivity contribution in [3.8, 4) is 0 Å². The third kappa shape index (κ3) is 2.87. The Balaban J connectivity index is 1.42. The van der Waals surface area contributed by atoms with Crippen LogP contribution in [0.2, 0.25) is 0 Å². The average Bonchev–Trinajstić information content (AvgIpc) is 3.38. The molecule has 0 unspecified atom stereocenters. The van der Waals surface area contributed by atoms with Crippen LogP contribution in [-0.2, 0) is 0 Å². The molecule has 1 aromatic heterocycles. The zero-order chi connectivity index (χ0) is 26.2. The van der Waals surface area contributed by atoms with Gasteiger partial charge in [-0.15, -0.1) is 0 Å². The topological polar surface area (TPSA) is 19.6 Å². The molecule has 0 N–H and O–H groups in total. The van der Waals surface area contributed by atoms with E-state index in [2.05, 4.69) is 137 Å². The number of furan rings is 1. The molecule has 0 bridgehead atoms. The Morgan fingerprint density at radius 2 is 1.20 bits per heavy atom. The van der Waals surface area contributed by atoms with Crippen LogP contribution in [0.4, 0.5) is 34.1 Å². The molecular weight excluding hydrogens is 487 g/mol. The third-order valence-electron chi connectivity index (χ3n) is 8.28. The highest BCUT2D eigenvalue weighted by molar-refractivity contribution is 7.00. The number of hydrogen-bond donors (Lipinski definition) is 0. The fourth-order valence-corrected chi connectivity index (χ4v) is 6.68. The van der Waals surface area contributed by atoms with E-state index in [1.807, 2.05) is 12.1 Å². The van der Waals surface area contributed by atoms with Crippen molar-refractivity contribution in [2.45, 2.75) is 0 Å². The highest BCUT2D eigenvalue weighted by Crippen LogP contribution is 2.44. The molecule has 0 radical (unpaired) electrons. The number of fused-ring (bicyclic) bond motifs is 7. The van der Waals surface area contributed by atoms with Gasteiger partial charge in [-0.05, 0) is 71.0 Å². The van der Waals surface area contributed by atoms with Crippen LogP contribution in [0, 0.1) is 12.1 Å². The highest BCUT2D eigenvalue weighted by Gasteiger charge is 2.43. The minimum atomic E-state index is 0.0689. The Hall–Kier alpha value is -5.40. The van der Waals surface area contributed by atoms with E-state index in [-0.39, 0.29) is 6.71 Å². The van der Waals surface area contributed by atoms with E-state index in [4.69, 9.17) is 4.42 Å². The molecule has 0 fully saturated rings. The summed E-state index contributed by atoms with van der Waals surface area (Å²) in [6.07, 6.45) is 0. The molecule has 0 saturated carbocycles. The molecule has 184 valence electrons. The highest BCUT2D eigenvalue weighted by atomic mass is 16.3. The fourth-order valence-electron chi connectivity index (χ4n) is 6.68. The summed E-state index contributed by atoms with van der Waals surface area (Å²) in [4.78, 5) is 4.80. The molecule has 6 aromatic carbocycles. The van der Waals surface area contributed by atoms with E-state index in [1.165, 1.54) is 33.5 Å². The molecular formula is C36H21BN2O. The van der Waals surface area contributed by atoms with E-state index >= 15 is 0 Å². The Morgan fingerprint density at radius 1 is 0.550 bits per heavy atom. The largest absolute Gasteiger partial charge is 0.455 e. The van der Waals surface area contributed by atoms with Crippen molar-refractivity contribution in [3.63, 3.8) is 0 Å². The minimum Gasteiger partial charge on any atom is -0.455 e. The van der Waals surface area contributed by atoms with Crippen LogP contribution in [0.5, 0.6) is 0 Å². The Kier molecular flexibility index (Phi) is 4.33. The molecule has 0 saturated heterocycles. The van der Waals surface area contributed by atoms with Crippen molar-refractivity contribution in [1.82, 2.24) is 0 Å². The van der Waals surface area contributed by atoms with Crippen molar-refractivity contribution in [2.75, 3.05) is 9.80 Å². The van der Waals surface area contributed by atoms with E-state index in [0.717, 1.165) is 39.0 Å². The zero-order valence-electron chi connectivity index (χ0n) is 21.5. The van der Waals surface area contributed by atoms with Gasteiger partial charge in [-0.25, -0.2) is 0 Å². The van der Waals surface area contributed by atoms with Crippen LogP contribution in [-0.4, -0.2) is 6.71 Å². The summed E-state index contributed by atoms with van der Waals surface area (Å²) in [7, 11) is 0. The first kappa shape index (κ1) is 21.5. The van der Waals surface area contributed by atoms with Crippen molar-refractivity contribution >= 4 is 79.2 Å². The number of benzene rings is 5. The Labute approximate surface area is 232 Å². The first-order valence-electron chi connectivity index (χ1n) is 13.6. The number of para-hydroxylation sites is 3. The van der Waals surface area contributed by atoms with Crippen molar-refractivity contribution in [1.29, 1.82) is 0 Å². The summed E-state index contributed by atoms with van der Waals surface area (Å²) in [6, 6.07) is 51.7. The van der Waals surface area contributed by atoms with Crippen LogP contribution in [0.3, 0.4) is 0 Å². The standard InChI is InChI=1S/C36H21BN2O/c1-3-12-24(13-4-1)38-30-18-9-8-17-28(30)37-29-22-27-26-16-7-10-21-34(26)40-35(27)23-33(29)39(25-14-5-2-6-15-25)32-20-11-19-31(38)36(32)37/h1-6,8-15,17-23H. The van der Waals surface area contributed by atoms with Gasteiger partial charge in [0, 0.05) is 45.6 Å². The number of rotatable bonds is 2. The van der Waals surface area contributed by atoms with Crippen molar-refractivity contribution in [3.05, 3.63) is 140 Å². The molecule has 3 heterocycles. The van der Waals surface area contributed by atoms with Crippen molar-refractivity contribution < 1.29 is 4.42 Å². The number of anilines is 6. The van der Waals surface area contributed by atoms with Gasteiger partial charge in [0.2, 0.25) is 0 Å². The zero-order valence-corrected chi connectivity index (χ0v) is 21.5. The van der Waals surface area contributed by atoms with E-state index < -0.39 is 0 Å².